The summed E-state index contributed by atoms with van der Waals surface area (Å²) in [5, 5.41) is 8.63. The molecule has 0 unspecified atom stereocenters. The van der Waals surface area contributed by atoms with Gasteiger partial charge < -0.3 is 14.6 Å². The van der Waals surface area contributed by atoms with E-state index in [0.717, 1.165) is 42.9 Å². The normalized spacial score (nSPS) is 10.2. The predicted octanol–water partition coefficient (Wildman–Crippen LogP) is 15.9. The van der Waals surface area contributed by atoms with Gasteiger partial charge in [0.25, 0.3) is 0 Å². The van der Waals surface area contributed by atoms with Crippen molar-refractivity contribution in [1.29, 1.82) is 0 Å². The zero-order chi connectivity index (χ0) is 68.1. The van der Waals surface area contributed by atoms with Crippen LogP contribution in [-0.4, -0.2) is 56.2 Å². The first-order chi connectivity index (χ1) is 42.1. The zero-order valence-electron chi connectivity index (χ0n) is 54.3. The van der Waals surface area contributed by atoms with E-state index in [9.17, 15) is 26.4 Å². The van der Waals surface area contributed by atoms with Crippen LogP contribution in [0.3, 0.4) is 0 Å². The van der Waals surface area contributed by atoms with E-state index < -0.39 is 30.9 Å². The number of rotatable bonds is 16. The molecule has 0 fully saturated rings. The van der Waals surface area contributed by atoms with Gasteiger partial charge in [0, 0.05) is 40.2 Å². The van der Waals surface area contributed by atoms with Crippen LogP contribution >= 0.6 is 59.8 Å². The van der Waals surface area contributed by atoms with Gasteiger partial charge in [-0.15, -0.1) is 18.8 Å². The Hall–Kier alpha value is -5.22. The zero-order valence-corrected chi connectivity index (χ0v) is 64.6. The van der Waals surface area contributed by atoms with E-state index in [4.69, 9.17) is 27.4 Å². The van der Waals surface area contributed by atoms with Crippen molar-refractivity contribution < 1.29 is 54.3 Å². The van der Waals surface area contributed by atoms with Crippen molar-refractivity contribution in [2.75, 3.05) is 11.5 Å². The number of ether oxygens (including phenoxy) is 2. The number of hydrogen-bond donors (Lipinski definition) is 1. The fraction of sp³-hybridized carbons (Fsp3) is 0.324. The first-order valence-electron chi connectivity index (χ1n) is 29.2. The van der Waals surface area contributed by atoms with Crippen molar-refractivity contribution in [3.8, 4) is 53.8 Å². The molecule has 0 saturated carbocycles. The van der Waals surface area contributed by atoms with Crippen molar-refractivity contribution in [1.82, 2.24) is 0 Å². The van der Waals surface area contributed by atoms with Crippen molar-refractivity contribution in [3.05, 3.63) is 219 Å². The van der Waals surface area contributed by atoms with E-state index in [-0.39, 0.29) is 39.8 Å². The van der Waals surface area contributed by atoms with Gasteiger partial charge in [0.15, 0.2) is 30.9 Å². The van der Waals surface area contributed by atoms with Gasteiger partial charge in [-0.05, 0) is 178 Å². The topological polar surface area (TPSA) is 141 Å². The van der Waals surface area contributed by atoms with E-state index in [1.165, 1.54) is 0 Å². The largest absolute Gasteiger partial charge is 0.508 e. The van der Waals surface area contributed by atoms with Gasteiger partial charge in [0.05, 0.1) is 21.3 Å². The van der Waals surface area contributed by atoms with Gasteiger partial charge in [0.2, 0.25) is 0 Å². The van der Waals surface area contributed by atoms with E-state index in [2.05, 4.69) is 83.5 Å². The Morgan fingerprint density at radius 1 is 0.472 bits per heavy atom. The molecule has 89 heavy (non-hydrogen) atoms. The van der Waals surface area contributed by atoms with Gasteiger partial charge in [-0.1, -0.05) is 176 Å². The smallest absolute Gasteiger partial charge is 0.115 e. The molecule has 0 amide bonds. The van der Waals surface area contributed by atoms with Crippen LogP contribution < -0.4 is 22.7 Å². The summed E-state index contributed by atoms with van der Waals surface area (Å²) in [7, 11) is -6.41. The van der Waals surface area contributed by atoms with Crippen LogP contribution in [-0.2, 0) is 54.9 Å². The van der Waals surface area contributed by atoms with E-state index in [0.29, 0.717) is 43.2 Å². The molecule has 0 aromatic heterocycles. The number of phenols is 1. The summed E-state index contributed by atoms with van der Waals surface area (Å²) in [6.07, 6.45) is 11.6. The molecule has 482 valence electrons. The minimum Gasteiger partial charge on any atom is -0.508 e. The molecule has 0 aliphatic rings. The molecule has 7 aromatic rings. The number of carbonyl (C=O) groups excluding carboxylic acids is 2. The second-order valence-electron chi connectivity index (χ2n) is 20.2. The maximum atomic E-state index is 12.5. The molecule has 0 saturated heterocycles. The second-order valence-corrected chi connectivity index (χ2v) is 42.3. The average molecular weight is 1700 g/mol. The molecule has 0 atom stereocenters. The number of benzene rings is 7. The number of terminal acetylenes is 2. The summed E-state index contributed by atoms with van der Waals surface area (Å²) in [6.45, 7) is 28.8. The number of carbonyl (C=O) groups is 2. The summed E-state index contributed by atoms with van der Waals surface area (Å²) >= 11 is 7.53. The third-order valence-corrected chi connectivity index (χ3v) is 15.3. The molecule has 7 aromatic carbocycles. The summed E-state index contributed by atoms with van der Waals surface area (Å²) in [6, 6.07) is 56.5. The fourth-order valence-corrected chi connectivity index (χ4v) is 8.71. The second kappa shape index (κ2) is 47.7. The van der Waals surface area contributed by atoms with Crippen molar-refractivity contribution in [2.45, 2.75) is 151 Å². The molecule has 0 aliphatic carbocycles. The van der Waals surface area contributed by atoms with Gasteiger partial charge in [-0.25, -0.2) is 16.8 Å². The van der Waals surface area contributed by atoms with Gasteiger partial charge in [-0.3, -0.25) is 9.59 Å². The van der Waals surface area contributed by atoms with Crippen molar-refractivity contribution in [2.24, 2.45) is 5.41 Å². The summed E-state index contributed by atoms with van der Waals surface area (Å²) < 4.78 is 59.9. The molecule has 0 bridgehead atoms. The average Bonchev–Trinajstić information content (AvgIpc) is 2.99. The van der Waals surface area contributed by atoms with E-state index in [1.54, 1.807) is 86.6 Å². The third-order valence-electron chi connectivity index (χ3n) is 11.1. The molecule has 0 heterocycles. The van der Waals surface area contributed by atoms with Crippen molar-refractivity contribution >= 4 is 91.1 Å². The van der Waals surface area contributed by atoms with Crippen LogP contribution in [0.5, 0.6) is 17.2 Å². The number of sulfone groups is 2. The maximum Gasteiger partial charge on any atom is 0.115 e. The van der Waals surface area contributed by atoms with Crippen LogP contribution in [0.2, 0.25) is 0 Å². The molecular weight excluding hydrogens is 1600 g/mol. The number of ketones is 2. The fourth-order valence-electron chi connectivity index (χ4n) is 6.58. The molecule has 0 aliphatic heterocycles. The molecular formula is C74H91I4O9S2-. The molecule has 1 N–H and O–H groups in total. The summed E-state index contributed by atoms with van der Waals surface area (Å²) in [5.74, 6) is 13.7. The SMILES string of the molecule is C#CC(C)(C)C.C#CC(C)(C)Oc1ccccc1.CC.CC.CC.CCS(=O)(=O)c1ccc(CC(=O)Cc2ccc(C#CC(C)(C)Oc3ccccc3)cc2)cc1.CCS(=O)(=O)c1ccc(CC(=O)Cc2ccc(I)cc2)cc1.I[I-]I.Oc1ccccc1. The molecule has 0 spiro atoms. The minimum atomic E-state index is -3.23. The number of halogens is 4. The summed E-state index contributed by atoms with van der Waals surface area (Å²) in [4.78, 5) is 25.2. The van der Waals surface area contributed by atoms with Crippen molar-refractivity contribution in [3.63, 3.8) is 0 Å². The Labute approximate surface area is 579 Å². The number of Topliss-reactive ketones (excluding diaryl/α,β-unsaturated/α-hetero) is 2. The summed E-state index contributed by atoms with van der Waals surface area (Å²) in [5.41, 5.74) is 3.31. The molecule has 0 radical (unpaired) electrons. The number of hydrogen-bond acceptors (Lipinski definition) is 9. The van der Waals surface area contributed by atoms with Gasteiger partial charge in [0.1, 0.15) is 28.8 Å². The van der Waals surface area contributed by atoms with Crippen LogP contribution in [0.25, 0.3) is 0 Å². The van der Waals surface area contributed by atoms with Crippen LogP contribution in [0.4, 0.5) is 0 Å². The number of para-hydroxylation sites is 3. The predicted molar refractivity (Wildman–Crippen MR) is 395 cm³/mol. The number of aromatic hydroxyl groups is 1. The third kappa shape index (κ3) is 41.0. The Kier molecular flexibility index (Phi) is 46.0. The maximum absolute atomic E-state index is 12.5. The quantitative estimate of drug-likeness (QED) is 0.0739. The Morgan fingerprint density at radius 3 is 1.02 bits per heavy atom. The molecule has 9 nitrogen and oxygen atoms in total. The Morgan fingerprint density at radius 2 is 0.753 bits per heavy atom. The first-order valence-corrected chi connectivity index (χ1v) is 46.1. The van der Waals surface area contributed by atoms with Crippen LogP contribution in [0.1, 0.15) is 132 Å². The standard InChI is InChI=1S/C28H28O4S.C17H17IO3S.C11H12O.C6H6O.C6H10.3C2H6.I3/c1-4-33(30,31)27-16-14-24(15-17-27)21-25(29)20-23-12-10-22(11-13-23)18-19-28(2,3)32-26-8-6-5-7-9-26;1-2-22(20,21)17-9-5-14(6-10-17)12-16(19)11-13-3-7-15(18)8-4-13;1-4-11(2,3)12-10-8-6-5-7-9-10;7-6-4-2-1-3-5-6;1-5-6(2,3)4;3*1-2;1-3-2/h5-17H,4,20-21H2,1-3H3;3-10H,2,11-12H2,1H3;1,5-9H,2-3H3;1-5,7H;1H,2-4H3;3*1-2H3;/q;;;;;;;;-1. The molecule has 7 rings (SSSR count). The first kappa shape index (κ1) is 85.8. The Balaban J connectivity index is 0. The van der Waals surface area contributed by atoms with Gasteiger partial charge in [-0.2, -0.15) is 0 Å². The Bertz CT molecular complexity index is 3420. The van der Waals surface area contributed by atoms with E-state index in [1.807, 2.05) is 205 Å². The van der Waals surface area contributed by atoms with Crippen LogP contribution in [0.15, 0.2) is 198 Å². The van der Waals surface area contributed by atoms with Gasteiger partial charge >= 0.3 is 50.5 Å². The van der Waals surface area contributed by atoms with E-state index >= 15 is 0 Å². The molecule has 15 heteroatoms. The monoisotopic (exact) mass is 1700 g/mol. The van der Waals surface area contributed by atoms with Crippen LogP contribution in [0, 0.1) is 45.5 Å². The number of phenolic OH excluding ortho intramolecular Hbond substituents is 1. The minimum absolute atomic E-state index is 0.0587.